The van der Waals surface area contributed by atoms with Gasteiger partial charge in [0.2, 0.25) is 5.91 Å². The molecule has 1 unspecified atom stereocenters. The highest BCUT2D eigenvalue weighted by Crippen LogP contribution is 2.36. The molecule has 32 heavy (non-hydrogen) atoms. The van der Waals surface area contributed by atoms with E-state index in [4.69, 9.17) is 0 Å². The Hall–Kier alpha value is -3.20. The molecule has 1 N–H and O–H groups in total. The highest BCUT2D eigenvalue weighted by Gasteiger charge is 2.54. The number of imide groups is 1. The first-order valence-electron chi connectivity index (χ1n) is 10.5. The number of hydrogen-bond donors (Lipinski definition) is 1. The third kappa shape index (κ3) is 3.77. The second kappa shape index (κ2) is 8.38. The van der Waals surface area contributed by atoms with Gasteiger partial charge in [-0.05, 0) is 24.5 Å². The number of nitrogens with zero attached hydrogens (tertiary/aromatic N) is 2. The van der Waals surface area contributed by atoms with Crippen molar-refractivity contribution in [1.29, 1.82) is 0 Å². The van der Waals surface area contributed by atoms with Crippen molar-refractivity contribution >= 4 is 27.7 Å². The van der Waals surface area contributed by atoms with Crippen molar-refractivity contribution < 1.29 is 22.8 Å². The van der Waals surface area contributed by atoms with Crippen LogP contribution in [-0.2, 0) is 25.0 Å². The quantitative estimate of drug-likeness (QED) is 0.665. The lowest BCUT2D eigenvalue weighted by molar-refractivity contribution is -0.139. The summed E-state index contributed by atoms with van der Waals surface area (Å²) < 4.78 is 23.7. The topological polar surface area (TPSA) is 104 Å². The van der Waals surface area contributed by atoms with Crippen molar-refractivity contribution in [2.75, 3.05) is 24.6 Å². The first-order chi connectivity index (χ1) is 15.3. The molecule has 0 aliphatic carbocycles. The van der Waals surface area contributed by atoms with Crippen molar-refractivity contribution in [2.45, 2.75) is 24.9 Å². The second-order valence-corrected chi connectivity index (χ2v) is 10.3. The number of amides is 4. The van der Waals surface area contributed by atoms with Crippen molar-refractivity contribution in [3.8, 4) is 0 Å². The molecular formula is C23H25N3O5S. The van der Waals surface area contributed by atoms with E-state index >= 15 is 0 Å². The van der Waals surface area contributed by atoms with Crippen LogP contribution in [0.4, 0.5) is 4.79 Å². The third-order valence-electron chi connectivity index (χ3n) is 6.12. The number of nitrogens with one attached hydrogen (secondary N) is 1. The Morgan fingerprint density at radius 2 is 1.62 bits per heavy atom. The molecular weight excluding hydrogens is 430 g/mol. The van der Waals surface area contributed by atoms with Crippen molar-refractivity contribution in [1.82, 2.24) is 15.1 Å². The maximum absolute atomic E-state index is 13.7. The Labute approximate surface area is 187 Å². The monoisotopic (exact) mass is 455 g/mol. The van der Waals surface area contributed by atoms with Crippen molar-refractivity contribution in [3.63, 3.8) is 0 Å². The normalized spacial score (nSPS) is 21.4. The van der Waals surface area contributed by atoms with Gasteiger partial charge in [-0.25, -0.2) is 13.2 Å². The number of benzene rings is 2. The highest BCUT2D eigenvalue weighted by atomic mass is 32.2. The van der Waals surface area contributed by atoms with Gasteiger partial charge >= 0.3 is 6.03 Å². The zero-order chi connectivity index (χ0) is 22.9. The predicted molar refractivity (Wildman–Crippen MR) is 118 cm³/mol. The van der Waals surface area contributed by atoms with Gasteiger partial charge in [-0.3, -0.25) is 14.5 Å². The third-order valence-corrected chi connectivity index (χ3v) is 7.87. The summed E-state index contributed by atoms with van der Waals surface area (Å²) in [6.07, 6.45) is 0.361. The van der Waals surface area contributed by atoms with Crippen LogP contribution in [-0.4, -0.2) is 66.7 Å². The van der Waals surface area contributed by atoms with Gasteiger partial charge in [-0.1, -0.05) is 60.7 Å². The zero-order valence-electron chi connectivity index (χ0n) is 17.7. The van der Waals surface area contributed by atoms with Crippen LogP contribution in [0, 0.1) is 0 Å². The van der Waals surface area contributed by atoms with Crippen molar-refractivity contribution in [3.05, 3.63) is 71.8 Å². The minimum atomic E-state index is -3.18. The van der Waals surface area contributed by atoms with Crippen LogP contribution in [0.15, 0.2) is 60.7 Å². The van der Waals surface area contributed by atoms with Gasteiger partial charge in [0.25, 0.3) is 5.91 Å². The fourth-order valence-corrected chi connectivity index (χ4v) is 6.27. The SMILES string of the molecule is CCN(C(=O)CN1C(=O)NC(c2ccccc2)(c2ccccc2)C1=O)C1CCS(=O)(=O)C1. The lowest BCUT2D eigenvalue weighted by Crippen LogP contribution is -2.48. The van der Waals surface area contributed by atoms with Gasteiger partial charge in [-0.15, -0.1) is 0 Å². The van der Waals surface area contributed by atoms with E-state index in [-0.39, 0.29) is 11.5 Å². The van der Waals surface area contributed by atoms with Crippen LogP contribution in [0.25, 0.3) is 0 Å². The summed E-state index contributed by atoms with van der Waals surface area (Å²) in [6.45, 7) is 1.61. The smallest absolute Gasteiger partial charge is 0.326 e. The maximum atomic E-state index is 13.7. The standard InChI is InChI=1S/C23H25N3O5S/c1-2-25(19-13-14-32(30,31)16-19)20(27)15-26-21(28)23(24-22(26)29,17-9-5-3-6-10-17)18-11-7-4-8-12-18/h3-12,19H,2,13-16H2,1H3,(H,24,29). The number of sulfone groups is 1. The average molecular weight is 456 g/mol. The molecule has 4 rings (SSSR count). The van der Waals surface area contributed by atoms with Crippen LogP contribution >= 0.6 is 0 Å². The first-order valence-corrected chi connectivity index (χ1v) is 12.4. The molecule has 2 aliphatic heterocycles. The molecule has 0 radical (unpaired) electrons. The summed E-state index contributed by atoms with van der Waals surface area (Å²) in [5.74, 6) is -1.04. The molecule has 0 spiro atoms. The summed E-state index contributed by atoms with van der Waals surface area (Å²) in [4.78, 5) is 42.1. The van der Waals surface area contributed by atoms with E-state index in [1.54, 1.807) is 55.5 Å². The fourth-order valence-electron chi connectivity index (χ4n) is 4.54. The highest BCUT2D eigenvalue weighted by molar-refractivity contribution is 7.91. The number of likely N-dealkylation sites (N-methyl/N-ethyl adjacent to an activating group) is 1. The molecule has 2 saturated heterocycles. The van der Waals surface area contributed by atoms with Crippen LogP contribution in [0.1, 0.15) is 24.5 Å². The molecule has 4 amide bonds. The van der Waals surface area contributed by atoms with Crippen LogP contribution < -0.4 is 5.32 Å². The first kappa shape index (κ1) is 22.0. The Morgan fingerprint density at radius 3 is 2.09 bits per heavy atom. The lowest BCUT2D eigenvalue weighted by Gasteiger charge is -2.29. The number of hydrogen-bond acceptors (Lipinski definition) is 5. The average Bonchev–Trinajstić information content (AvgIpc) is 3.27. The Balaban J connectivity index is 1.64. The van der Waals surface area contributed by atoms with Crippen LogP contribution in [0.3, 0.4) is 0 Å². The summed E-state index contributed by atoms with van der Waals surface area (Å²) in [5, 5.41) is 2.82. The van der Waals surface area contributed by atoms with E-state index in [9.17, 15) is 22.8 Å². The molecule has 0 aromatic heterocycles. The summed E-state index contributed by atoms with van der Waals surface area (Å²) in [7, 11) is -3.18. The second-order valence-electron chi connectivity index (χ2n) is 8.04. The molecule has 168 valence electrons. The summed E-state index contributed by atoms with van der Waals surface area (Å²) >= 11 is 0. The maximum Gasteiger partial charge on any atom is 0.326 e. The molecule has 2 aliphatic rings. The van der Waals surface area contributed by atoms with Gasteiger partial charge in [0.05, 0.1) is 11.5 Å². The van der Waals surface area contributed by atoms with E-state index in [0.29, 0.717) is 24.1 Å². The number of carbonyl (C=O) groups excluding carboxylic acids is 3. The van der Waals surface area contributed by atoms with Gasteiger partial charge in [0.1, 0.15) is 6.54 Å². The molecule has 1 atom stereocenters. The fraction of sp³-hybridized carbons (Fsp3) is 0.348. The van der Waals surface area contributed by atoms with E-state index in [2.05, 4.69) is 5.32 Å². The lowest BCUT2D eigenvalue weighted by atomic mass is 9.82. The minimum absolute atomic E-state index is 0.0374. The van der Waals surface area contributed by atoms with Gasteiger partial charge < -0.3 is 10.2 Å². The Kier molecular flexibility index (Phi) is 5.77. The summed E-state index contributed by atoms with van der Waals surface area (Å²) in [6, 6.07) is 16.7. The number of rotatable bonds is 6. The van der Waals surface area contributed by atoms with Gasteiger partial charge in [0.15, 0.2) is 15.4 Å². The molecule has 2 heterocycles. The van der Waals surface area contributed by atoms with Crippen molar-refractivity contribution in [2.24, 2.45) is 0 Å². The van der Waals surface area contributed by atoms with E-state index < -0.39 is 45.8 Å². The van der Waals surface area contributed by atoms with Gasteiger partial charge in [-0.2, -0.15) is 0 Å². The number of carbonyl (C=O) groups is 3. The predicted octanol–water partition coefficient (Wildman–Crippen LogP) is 1.52. The van der Waals surface area contributed by atoms with Crippen LogP contribution in [0.2, 0.25) is 0 Å². The largest absolute Gasteiger partial charge is 0.337 e. The van der Waals surface area contributed by atoms with E-state index in [1.165, 1.54) is 4.90 Å². The van der Waals surface area contributed by atoms with Gasteiger partial charge in [0, 0.05) is 12.6 Å². The van der Waals surface area contributed by atoms with Crippen LogP contribution in [0.5, 0.6) is 0 Å². The molecule has 2 fully saturated rings. The molecule has 9 heteroatoms. The molecule has 2 aromatic carbocycles. The number of urea groups is 1. The summed E-state index contributed by atoms with van der Waals surface area (Å²) in [5.41, 5.74) is -0.254. The Morgan fingerprint density at radius 1 is 1.06 bits per heavy atom. The molecule has 8 nitrogen and oxygen atoms in total. The molecule has 2 aromatic rings. The van der Waals surface area contributed by atoms with E-state index in [1.807, 2.05) is 12.1 Å². The molecule has 0 saturated carbocycles. The zero-order valence-corrected chi connectivity index (χ0v) is 18.5. The Bertz CT molecular complexity index is 1100. The molecule has 0 bridgehead atoms. The van der Waals surface area contributed by atoms with E-state index in [0.717, 1.165) is 4.90 Å². The minimum Gasteiger partial charge on any atom is -0.337 e.